The molecule has 1 aliphatic rings. The van der Waals surface area contributed by atoms with Crippen LogP contribution in [0.25, 0.3) is 0 Å². The Bertz CT molecular complexity index is 1760. The fraction of sp³-hybridized carbons (Fsp3) is 0.316. The summed E-state index contributed by atoms with van der Waals surface area (Å²) in [6.07, 6.45) is 5.29. The summed E-state index contributed by atoms with van der Waals surface area (Å²) in [5, 5.41) is 3.79. The van der Waals surface area contributed by atoms with Gasteiger partial charge in [-0.15, -0.1) is 0 Å². The number of rotatable bonds is 12. The molecule has 0 spiro atoms. The zero-order chi connectivity index (χ0) is 33.4. The molecule has 5 rings (SSSR count). The van der Waals surface area contributed by atoms with Crippen LogP contribution in [0.4, 0.5) is 5.69 Å². The summed E-state index contributed by atoms with van der Waals surface area (Å²) in [6, 6.07) is 29.5. The molecule has 0 radical (unpaired) electrons. The lowest BCUT2D eigenvalue weighted by Gasteiger charge is -2.35. The van der Waals surface area contributed by atoms with E-state index in [1.165, 1.54) is 21.3 Å². The van der Waals surface area contributed by atoms with E-state index in [-0.39, 0.29) is 29.8 Å². The van der Waals surface area contributed by atoms with E-state index in [1.54, 1.807) is 36.4 Å². The second-order valence-electron chi connectivity index (χ2n) is 12.3. The van der Waals surface area contributed by atoms with Crippen molar-refractivity contribution in [1.82, 2.24) is 10.2 Å². The second-order valence-corrected chi connectivity index (χ2v) is 14.6. The Labute approximate surface area is 283 Å². The van der Waals surface area contributed by atoms with Gasteiger partial charge in [0.05, 0.1) is 10.6 Å². The van der Waals surface area contributed by atoms with Gasteiger partial charge in [-0.25, -0.2) is 8.42 Å². The maximum absolute atomic E-state index is 14.7. The number of carbonyl (C=O) groups excluding carboxylic acids is 2. The number of hydrogen-bond acceptors (Lipinski definition) is 4. The van der Waals surface area contributed by atoms with Gasteiger partial charge in [0.2, 0.25) is 11.8 Å². The average Bonchev–Trinajstić information content (AvgIpc) is 3.07. The summed E-state index contributed by atoms with van der Waals surface area (Å²) in [5.41, 5.74) is 3.77. The highest BCUT2D eigenvalue weighted by Gasteiger charge is 2.35. The fourth-order valence-electron chi connectivity index (χ4n) is 6.20. The van der Waals surface area contributed by atoms with Crippen molar-refractivity contribution >= 4 is 39.1 Å². The van der Waals surface area contributed by atoms with Crippen molar-refractivity contribution in [2.45, 2.75) is 75.9 Å². The van der Waals surface area contributed by atoms with Crippen LogP contribution in [0.3, 0.4) is 0 Å². The van der Waals surface area contributed by atoms with E-state index >= 15 is 0 Å². The lowest BCUT2D eigenvalue weighted by Crippen LogP contribution is -2.55. The van der Waals surface area contributed by atoms with Crippen molar-refractivity contribution in [3.8, 4) is 0 Å². The fourth-order valence-corrected chi connectivity index (χ4v) is 7.83. The molecule has 47 heavy (non-hydrogen) atoms. The molecule has 0 unspecified atom stereocenters. The average molecular weight is 672 g/mol. The molecule has 0 saturated heterocycles. The van der Waals surface area contributed by atoms with Crippen molar-refractivity contribution < 1.29 is 18.0 Å². The van der Waals surface area contributed by atoms with Gasteiger partial charge < -0.3 is 10.2 Å². The summed E-state index contributed by atoms with van der Waals surface area (Å²) in [6.45, 7) is 3.38. The molecule has 0 bridgehead atoms. The molecule has 0 aromatic heterocycles. The van der Waals surface area contributed by atoms with E-state index in [4.69, 9.17) is 11.6 Å². The molecule has 1 N–H and O–H groups in total. The van der Waals surface area contributed by atoms with Crippen LogP contribution in [0.15, 0.2) is 108 Å². The molecular weight excluding hydrogens is 630 g/mol. The highest BCUT2D eigenvalue weighted by atomic mass is 35.5. The molecule has 4 aromatic rings. The quantitative estimate of drug-likeness (QED) is 0.172. The molecule has 246 valence electrons. The van der Waals surface area contributed by atoms with Crippen LogP contribution >= 0.6 is 11.6 Å². The molecule has 2 amide bonds. The SMILES string of the molecule is Cc1ccc(N(CC(=O)N(Cc2ccc(Cl)cc2)[C@H](Cc2ccccc2)C(=O)NC2CCCCC2)S(=O)(=O)c2ccccc2)c(C)c1. The van der Waals surface area contributed by atoms with Crippen molar-refractivity contribution in [3.63, 3.8) is 0 Å². The standard InChI is InChI=1S/C38H42ClN3O4S/c1-28-18-23-35(29(2)24-28)42(47(45,46)34-16-10-5-11-17-34)27-37(43)41(26-31-19-21-32(39)22-20-31)36(25-30-12-6-3-7-13-30)38(44)40-33-14-8-4-9-15-33/h3,5-7,10-13,16-24,33,36H,4,8-9,14-15,25-27H2,1-2H3,(H,40,44)/t36-/m1/s1. The van der Waals surface area contributed by atoms with Crippen LogP contribution < -0.4 is 9.62 Å². The minimum Gasteiger partial charge on any atom is -0.352 e. The van der Waals surface area contributed by atoms with E-state index in [9.17, 15) is 18.0 Å². The normalized spacial score (nSPS) is 14.3. The van der Waals surface area contributed by atoms with Crippen molar-refractivity contribution in [3.05, 3.63) is 130 Å². The Morgan fingerprint density at radius 1 is 0.830 bits per heavy atom. The van der Waals surface area contributed by atoms with E-state index in [2.05, 4.69) is 5.32 Å². The molecule has 7 nitrogen and oxygen atoms in total. The predicted octanol–water partition coefficient (Wildman–Crippen LogP) is 7.24. The van der Waals surface area contributed by atoms with E-state index in [0.29, 0.717) is 10.7 Å². The number of nitrogens with one attached hydrogen (secondary N) is 1. The van der Waals surface area contributed by atoms with Gasteiger partial charge in [-0.2, -0.15) is 0 Å². The van der Waals surface area contributed by atoms with Gasteiger partial charge in [0.1, 0.15) is 12.6 Å². The van der Waals surface area contributed by atoms with Gasteiger partial charge in [0.25, 0.3) is 10.0 Å². The van der Waals surface area contributed by atoms with Crippen molar-refractivity contribution in [2.75, 3.05) is 10.8 Å². The van der Waals surface area contributed by atoms with Gasteiger partial charge in [-0.1, -0.05) is 109 Å². The monoisotopic (exact) mass is 671 g/mol. The highest BCUT2D eigenvalue weighted by Crippen LogP contribution is 2.29. The van der Waals surface area contributed by atoms with Crippen LogP contribution in [0.2, 0.25) is 5.02 Å². The van der Waals surface area contributed by atoms with Crippen LogP contribution in [-0.2, 0) is 32.6 Å². The van der Waals surface area contributed by atoms with Gasteiger partial charge in [0.15, 0.2) is 0 Å². The number of amides is 2. The maximum Gasteiger partial charge on any atom is 0.264 e. The molecule has 4 aromatic carbocycles. The minimum atomic E-state index is -4.16. The number of carbonyl (C=O) groups is 2. The van der Waals surface area contributed by atoms with E-state index < -0.39 is 28.5 Å². The Morgan fingerprint density at radius 3 is 2.11 bits per heavy atom. The molecule has 0 aliphatic heterocycles. The van der Waals surface area contributed by atoms with Crippen LogP contribution in [0, 0.1) is 13.8 Å². The molecule has 1 fully saturated rings. The number of halogens is 1. The number of hydrogen-bond donors (Lipinski definition) is 1. The summed E-state index contributed by atoms with van der Waals surface area (Å²) >= 11 is 6.19. The summed E-state index contributed by atoms with van der Waals surface area (Å²) < 4.78 is 29.7. The zero-order valence-corrected chi connectivity index (χ0v) is 28.5. The maximum atomic E-state index is 14.7. The van der Waals surface area contributed by atoms with E-state index in [1.807, 2.05) is 68.4 Å². The third-order valence-electron chi connectivity index (χ3n) is 8.72. The number of aryl methyl sites for hydroxylation is 2. The van der Waals surface area contributed by atoms with Crippen molar-refractivity contribution in [2.24, 2.45) is 0 Å². The molecule has 1 aliphatic carbocycles. The third kappa shape index (κ3) is 8.82. The van der Waals surface area contributed by atoms with E-state index in [0.717, 1.165) is 54.4 Å². The molecule has 0 heterocycles. The van der Waals surface area contributed by atoms with Gasteiger partial charge >= 0.3 is 0 Å². The van der Waals surface area contributed by atoms with Crippen LogP contribution in [-0.4, -0.2) is 43.8 Å². The first-order valence-corrected chi connectivity index (χ1v) is 18.0. The topological polar surface area (TPSA) is 86.8 Å². The van der Waals surface area contributed by atoms with Crippen LogP contribution in [0.5, 0.6) is 0 Å². The number of benzene rings is 4. The van der Waals surface area contributed by atoms with Gasteiger partial charge in [-0.05, 0) is 73.7 Å². The predicted molar refractivity (Wildman–Crippen MR) is 188 cm³/mol. The minimum absolute atomic E-state index is 0.0344. The van der Waals surface area contributed by atoms with Crippen molar-refractivity contribution in [1.29, 1.82) is 0 Å². The number of nitrogens with zero attached hydrogens (tertiary/aromatic N) is 2. The Morgan fingerprint density at radius 2 is 1.47 bits per heavy atom. The first kappa shape index (κ1) is 34.2. The Kier molecular flexibility index (Phi) is 11.4. The molecule has 9 heteroatoms. The molecule has 1 atom stereocenters. The van der Waals surface area contributed by atoms with Gasteiger partial charge in [0, 0.05) is 24.0 Å². The first-order chi connectivity index (χ1) is 22.6. The lowest BCUT2D eigenvalue weighted by atomic mass is 9.94. The summed E-state index contributed by atoms with van der Waals surface area (Å²) in [4.78, 5) is 30.5. The smallest absolute Gasteiger partial charge is 0.264 e. The number of anilines is 1. The summed E-state index contributed by atoms with van der Waals surface area (Å²) in [7, 11) is -4.16. The third-order valence-corrected chi connectivity index (χ3v) is 10.7. The largest absolute Gasteiger partial charge is 0.352 e. The highest BCUT2D eigenvalue weighted by molar-refractivity contribution is 7.92. The Hall–Kier alpha value is -4.14. The second kappa shape index (κ2) is 15.6. The van der Waals surface area contributed by atoms with Gasteiger partial charge in [-0.3, -0.25) is 13.9 Å². The number of sulfonamides is 1. The van der Waals surface area contributed by atoms with Crippen LogP contribution in [0.1, 0.15) is 54.4 Å². The zero-order valence-electron chi connectivity index (χ0n) is 26.9. The molecular formula is C38H42ClN3O4S. The molecule has 1 saturated carbocycles. The summed E-state index contributed by atoms with van der Waals surface area (Å²) in [5.74, 6) is -0.730. The Balaban J connectivity index is 1.57. The first-order valence-electron chi connectivity index (χ1n) is 16.1. The lowest BCUT2D eigenvalue weighted by molar-refractivity contribution is -0.140.